The van der Waals surface area contributed by atoms with E-state index in [2.05, 4.69) is 26.0 Å². The number of hydrogen-bond donors (Lipinski definition) is 1. The minimum absolute atomic E-state index is 0.0861. The van der Waals surface area contributed by atoms with Crippen LogP contribution in [0.1, 0.15) is 24.4 Å². The summed E-state index contributed by atoms with van der Waals surface area (Å²) >= 11 is 3.43. The molecule has 0 spiro atoms. The maximum absolute atomic E-state index is 5.93. The summed E-state index contributed by atoms with van der Waals surface area (Å²) in [5, 5.41) is 3.99. The molecule has 2 N–H and O–H groups in total. The molecule has 6 heteroatoms. The number of ether oxygens (including phenoxy) is 1. The van der Waals surface area contributed by atoms with Gasteiger partial charge in [-0.3, -0.25) is 4.68 Å². The molecule has 1 aromatic heterocycles. The Morgan fingerprint density at radius 1 is 1.50 bits per heavy atom. The first-order valence-corrected chi connectivity index (χ1v) is 6.38. The van der Waals surface area contributed by atoms with Crippen molar-refractivity contribution in [1.82, 2.24) is 14.8 Å². The molecule has 96 valence electrons. The van der Waals surface area contributed by atoms with Crippen molar-refractivity contribution < 1.29 is 4.74 Å². The van der Waals surface area contributed by atoms with E-state index in [4.69, 9.17) is 10.5 Å². The molecule has 0 saturated carbocycles. The summed E-state index contributed by atoms with van der Waals surface area (Å²) in [6.07, 6.45) is 1.51. The fraction of sp³-hybridized carbons (Fsp3) is 0.333. The lowest BCUT2D eigenvalue weighted by Crippen LogP contribution is -2.10. The predicted molar refractivity (Wildman–Crippen MR) is 72.1 cm³/mol. The van der Waals surface area contributed by atoms with Crippen molar-refractivity contribution in [2.45, 2.75) is 19.6 Å². The highest BCUT2D eigenvalue weighted by molar-refractivity contribution is 9.10. The van der Waals surface area contributed by atoms with Gasteiger partial charge >= 0.3 is 0 Å². The molecule has 0 saturated heterocycles. The zero-order valence-electron chi connectivity index (χ0n) is 10.3. The Morgan fingerprint density at radius 3 is 2.89 bits per heavy atom. The number of rotatable bonds is 4. The Labute approximate surface area is 114 Å². The third kappa shape index (κ3) is 2.88. The van der Waals surface area contributed by atoms with Crippen molar-refractivity contribution >= 4 is 15.9 Å². The van der Waals surface area contributed by atoms with Gasteiger partial charge in [0.05, 0.1) is 0 Å². The Hall–Kier alpha value is -1.40. The predicted octanol–water partition coefficient (Wildman–Crippen LogP) is 2.18. The molecule has 2 rings (SSSR count). The summed E-state index contributed by atoms with van der Waals surface area (Å²) in [5.74, 6) is 1.55. The zero-order valence-corrected chi connectivity index (χ0v) is 11.9. The lowest BCUT2D eigenvalue weighted by atomic mass is 10.1. The molecule has 18 heavy (non-hydrogen) atoms. The summed E-state index contributed by atoms with van der Waals surface area (Å²) in [6, 6.07) is 5.71. The molecule has 1 aromatic carbocycles. The highest BCUT2D eigenvalue weighted by Gasteiger charge is 2.10. The van der Waals surface area contributed by atoms with Gasteiger partial charge in [-0.25, -0.2) is 4.98 Å². The highest BCUT2D eigenvalue weighted by atomic mass is 79.9. The molecule has 1 atom stereocenters. The largest absolute Gasteiger partial charge is 0.485 e. The van der Waals surface area contributed by atoms with E-state index in [9.17, 15) is 0 Å². The van der Waals surface area contributed by atoms with Crippen LogP contribution in [0.3, 0.4) is 0 Å². The van der Waals surface area contributed by atoms with Crippen LogP contribution in [0.15, 0.2) is 29.0 Å². The molecule has 1 heterocycles. The van der Waals surface area contributed by atoms with Crippen molar-refractivity contribution in [1.29, 1.82) is 0 Å². The molecular formula is C12H15BrN4O. The van der Waals surface area contributed by atoms with Gasteiger partial charge in [0.15, 0.2) is 5.82 Å². The molecule has 0 aliphatic carbocycles. The second-order valence-corrected chi connectivity index (χ2v) is 4.98. The molecule has 0 radical (unpaired) electrons. The molecule has 0 amide bonds. The van der Waals surface area contributed by atoms with Gasteiger partial charge in [-0.05, 0) is 25.1 Å². The van der Waals surface area contributed by atoms with E-state index in [1.165, 1.54) is 6.33 Å². The van der Waals surface area contributed by atoms with Crippen molar-refractivity contribution in [3.8, 4) is 5.75 Å². The zero-order chi connectivity index (χ0) is 13.1. The molecular weight excluding hydrogens is 296 g/mol. The van der Waals surface area contributed by atoms with Gasteiger partial charge in [-0.15, -0.1) is 0 Å². The summed E-state index contributed by atoms with van der Waals surface area (Å²) in [7, 11) is 1.83. The minimum Gasteiger partial charge on any atom is -0.485 e. The lowest BCUT2D eigenvalue weighted by Gasteiger charge is -2.14. The summed E-state index contributed by atoms with van der Waals surface area (Å²) in [6.45, 7) is 2.30. The van der Waals surface area contributed by atoms with E-state index >= 15 is 0 Å². The Balaban J connectivity index is 2.16. The standard InChI is InChI=1S/C12H15BrN4O/c1-8(14)10-5-9(13)3-4-11(10)18-6-12-15-7-16-17(12)2/h3-5,7-8H,6,14H2,1-2H3/t8-/m0/s1. The second kappa shape index (κ2) is 5.49. The van der Waals surface area contributed by atoms with Gasteiger partial charge in [-0.1, -0.05) is 15.9 Å². The molecule has 5 nitrogen and oxygen atoms in total. The summed E-state index contributed by atoms with van der Waals surface area (Å²) in [5.41, 5.74) is 6.89. The van der Waals surface area contributed by atoms with Crippen molar-refractivity contribution in [2.75, 3.05) is 0 Å². The number of nitrogens with zero attached hydrogens (tertiary/aromatic N) is 3. The first kappa shape index (κ1) is 13.0. The monoisotopic (exact) mass is 310 g/mol. The van der Waals surface area contributed by atoms with Crippen LogP contribution in [0.5, 0.6) is 5.75 Å². The van der Waals surface area contributed by atoms with Crippen molar-refractivity contribution in [2.24, 2.45) is 12.8 Å². The smallest absolute Gasteiger partial charge is 0.164 e. The van der Waals surface area contributed by atoms with Crippen LogP contribution in [0, 0.1) is 0 Å². The van der Waals surface area contributed by atoms with Crippen LogP contribution in [0.4, 0.5) is 0 Å². The topological polar surface area (TPSA) is 66.0 Å². The van der Waals surface area contributed by atoms with Crippen LogP contribution in [0.25, 0.3) is 0 Å². The van der Waals surface area contributed by atoms with E-state index in [0.29, 0.717) is 6.61 Å². The maximum Gasteiger partial charge on any atom is 0.164 e. The lowest BCUT2D eigenvalue weighted by molar-refractivity contribution is 0.285. The first-order valence-electron chi connectivity index (χ1n) is 5.58. The van der Waals surface area contributed by atoms with Crippen LogP contribution in [0.2, 0.25) is 0 Å². The average molecular weight is 311 g/mol. The number of benzene rings is 1. The molecule has 0 aliphatic rings. The fourth-order valence-electron chi connectivity index (χ4n) is 1.60. The number of aryl methyl sites for hydroxylation is 1. The SMILES string of the molecule is C[C@H](N)c1cc(Br)ccc1OCc1ncnn1C. The van der Waals surface area contributed by atoms with E-state index < -0.39 is 0 Å². The van der Waals surface area contributed by atoms with Gasteiger partial charge in [0.25, 0.3) is 0 Å². The van der Waals surface area contributed by atoms with Gasteiger partial charge in [0.1, 0.15) is 18.7 Å². The number of hydrogen-bond acceptors (Lipinski definition) is 4. The summed E-state index contributed by atoms with van der Waals surface area (Å²) in [4.78, 5) is 4.11. The van der Waals surface area contributed by atoms with E-state index in [-0.39, 0.29) is 6.04 Å². The van der Waals surface area contributed by atoms with Crippen molar-refractivity contribution in [3.63, 3.8) is 0 Å². The van der Waals surface area contributed by atoms with Crippen LogP contribution in [-0.2, 0) is 13.7 Å². The van der Waals surface area contributed by atoms with Gasteiger partial charge < -0.3 is 10.5 Å². The summed E-state index contributed by atoms with van der Waals surface area (Å²) < 4.78 is 8.43. The third-order valence-electron chi connectivity index (χ3n) is 2.62. The second-order valence-electron chi connectivity index (χ2n) is 4.06. The first-order chi connectivity index (χ1) is 8.58. The van der Waals surface area contributed by atoms with Crippen LogP contribution in [-0.4, -0.2) is 14.8 Å². The molecule has 0 bridgehead atoms. The normalized spacial score (nSPS) is 12.4. The Bertz CT molecular complexity index is 539. The average Bonchev–Trinajstić information content (AvgIpc) is 2.73. The van der Waals surface area contributed by atoms with Gasteiger partial charge in [0.2, 0.25) is 0 Å². The maximum atomic E-state index is 5.93. The van der Waals surface area contributed by atoms with E-state index in [1.807, 2.05) is 32.2 Å². The Kier molecular flexibility index (Phi) is 3.98. The highest BCUT2D eigenvalue weighted by Crippen LogP contribution is 2.27. The number of aromatic nitrogens is 3. The van der Waals surface area contributed by atoms with Crippen molar-refractivity contribution in [3.05, 3.63) is 40.4 Å². The van der Waals surface area contributed by atoms with Gasteiger partial charge in [-0.2, -0.15) is 5.10 Å². The van der Waals surface area contributed by atoms with E-state index in [1.54, 1.807) is 4.68 Å². The Morgan fingerprint density at radius 2 is 2.28 bits per heavy atom. The number of nitrogens with two attached hydrogens (primary N) is 1. The molecule has 0 unspecified atom stereocenters. The minimum atomic E-state index is -0.0861. The fourth-order valence-corrected chi connectivity index (χ4v) is 1.98. The van der Waals surface area contributed by atoms with Crippen LogP contribution < -0.4 is 10.5 Å². The van der Waals surface area contributed by atoms with Crippen LogP contribution >= 0.6 is 15.9 Å². The number of halogens is 1. The van der Waals surface area contributed by atoms with E-state index in [0.717, 1.165) is 21.6 Å². The van der Waals surface area contributed by atoms with Gasteiger partial charge in [0, 0.05) is 23.1 Å². The molecule has 2 aromatic rings. The molecule has 0 aliphatic heterocycles. The quantitative estimate of drug-likeness (QED) is 0.940. The molecule has 0 fully saturated rings. The third-order valence-corrected chi connectivity index (χ3v) is 3.12.